The first-order chi connectivity index (χ1) is 13.4. The predicted octanol–water partition coefficient (Wildman–Crippen LogP) is 5.20. The number of hydrogen-bond acceptors (Lipinski definition) is 5. The van der Waals surface area contributed by atoms with Crippen molar-refractivity contribution < 1.29 is 0 Å². The van der Waals surface area contributed by atoms with Gasteiger partial charge in [-0.05, 0) is 18.8 Å². The Morgan fingerprint density at radius 1 is 1.04 bits per heavy atom. The molecule has 4 aromatic rings. The largest absolute Gasteiger partial charge is 0.328 e. The molecule has 3 heterocycles. The summed E-state index contributed by atoms with van der Waals surface area (Å²) >= 11 is 1.62. The van der Waals surface area contributed by atoms with Crippen molar-refractivity contribution in [2.75, 3.05) is 0 Å². The molecule has 0 bridgehead atoms. The van der Waals surface area contributed by atoms with E-state index in [1.165, 1.54) is 32.1 Å². The smallest absolute Gasteiger partial charge is 0.147 e. The first-order valence-corrected chi connectivity index (χ1v) is 10.4. The number of aromatic nitrogens is 5. The van der Waals surface area contributed by atoms with Crippen LogP contribution < -0.4 is 0 Å². The summed E-state index contributed by atoms with van der Waals surface area (Å²) < 4.78 is 2.31. The lowest BCUT2D eigenvalue weighted by atomic mass is 9.89. The van der Waals surface area contributed by atoms with Crippen molar-refractivity contribution in [1.82, 2.24) is 24.5 Å². The molecule has 27 heavy (non-hydrogen) atoms. The van der Waals surface area contributed by atoms with Crippen LogP contribution in [0.15, 0.2) is 49.2 Å². The molecule has 0 spiro atoms. The number of imidazole rings is 1. The molecular weight excluding hydrogens is 354 g/mol. The van der Waals surface area contributed by atoms with Gasteiger partial charge in [0.2, 0.25) is 0 Å². The molecule has 0 N–H and O–H groups in total. The molecule has 0 atom stereocenters. The second kappa shape index (κ2) is 7.19. The predicted molar refractivity (Wildman–Crippen MR) is 108 cm³/mol. The molecule has 1 aromatic carbocycles. The van der Waals surface area contributed by atoms with E-state index in [0.717, 1.165) is 44.8 Å². The fourth-order valence-electron chi connectivity index (χ4n) is 3.99. The molecule has 0 aliphatic heterocycles. The second-order valence-electron chi connectivity index (χ2n) is 7.20. The fraction of sp³-hybridized carbons (Fsp3) is 0.333. The molecule has 5 rings (SSSR count). The highest BCUT2D eigenvalue weighted by molar-refractivity contribution is 7.21. The van der Waals surface area contributed by atoms with Crippen LogP contribution in [-0.4, -0.2) is 24.5 Å². The zero-order valence-corrected chi connectivity index (χ0v) is 15.9. The minimum atomic E-state index is 0.726. The molecule has 136 valence electrons. The maximum absolute atomic E-state index is 4.83. The Morgan fingerprint density at radius 2 is 1.89 bits per heavy atom. The third-order valence-corrected chi connectivity index (χ3v) is 6.33. The van der Waals surface area contributed by atoms with Crippen LogP contribution in [0, 0.1) is 5.92 Å². The molecule has 0 radical (unpaired) electrons. The van der Waals surface area contributed by atoms with Gasteiger partial charge in [-0.3, -0.25) is 0 Å². The van der Waals surface area contributed by atoms with Gasteiger partial charge in [0, 0.05) is 12.1 Å². The van der Waals surface area contributed by atoms with E-state index in [-0.39, 0.29) is 0 Å². The van der Waals surface area contributed by atoms with Crippen molar-refractivity contribution in [1.29, 1.82) is 0 Å². The Balaban J connectivity index is 1.62. The van der Waals surface area contributed by atoms with Crippen LogP contribution in [0.2, 0.25) is 0 Å². The Morgan fingerprint density at radius 3 is 2.70 bits per heavy atom. The molecule has 1 aliphatic rings. The van der Waals surface area contributed by atoms with E-state index in [2.05, 4.69) is 38.8 Å². The third kappa shape index (κ3) is 3.25. The topological polar surface area (TPSA) is 56.5 Å². The second-order valence-corrected chi connectivity index (χ2v) is 8.17. The number of thiazole rings is 1. The zero-order chi connectivity index (χ0) is 18.1. The third-order valence-electron chi connectivity index (χ3n) is 5.34. The highest BCUT2D eigenvalue weighted by Crippen LogP contribution is 2.36. The van der Waals surface area contributed by atoms with Crippen molar-refractivity contribution in [3.05, 3.63) is 49.2 Å². The van der Waals surface area contributed by atoms with Crippen LogP contribution in [0.25, 0.3) is 32.3 Å². The first kappa shape index (κ1) is 16.6. The Hall–Kier alpha value is -2.60. The highest BCUT2D eigenvalue weighted by Gasteiger charge is 2.22. The van der Waals surface area contributed by atoms with Crippen molar-refractivity contribution in [2.24, 2.45) is 5.92 Å². The van der Waals surface area contributed by atoms with Gasteiger partial charge in [-0.1, -0.05) is 60.9 Å². The van der Waals surface area contributed by atoms with Gasteiger partial charge in [-0.2, -0.15) is 0 Å². The zero-order valence-electron chi connectivity index (χ0n) is 15.1. The summed E-state index contributed by atoms with van der Waals surface area (Å²) in [6.45, 7) is 1.01. The summed E-state index contributed by atoms with van der Waals surface area (Å²) in [7, 11) is 0. The Bertz CT molecular complexity index is 1010. The molecule has 3 aromatic heterocycles. The number of hydrogen-bond donors (Lipinski definition) is 0. The minimum Gasteiger partial charge on any atom is -0.328 e. The minimum absolute atomic E-state index is 0.726. The molecular formula is C21H21N5S. The number of nitrogens with zero attached hydrogens (tertiary/aromatic N) is 5. The molecule has 5 nitrogen and oxygen atoms in total. The van der Waals surface area contributed by atoms with E-state index in [1.807, 2.05) is 12.4 Å². The molecule has 6 heteroatoms. The van der Waals surface area contributed by atoms with Crippen molar-refractivity contribution >= 4 is 21.7 Å². The Labute approximate surface area is 162 Å². The van der Waals surface area contributed by atoms with Gasteiger partial charge in [0.15, 0.2) is 0 Å². The van der Waals surface area contributed by atoms with Gasteiger partial charge in [-0.15, -0.1) is 0 Å². The van der Waals surface area contributed by atoms with E-state index in [4.69, 9.17) is 9.97 Å². The monoisotopic (exact) mass is 375 g/mol. The van der Waals surface area contributed by atoms with Crippen LogP contribution >= 0.6 is 11.3 Å². The normalized spacial score (nSPS) is 15.4. The number of benzene rings is 1. The number of fused-ring (bicyclic) bond motifs is 1. The lowest BCUT2D eigenvalue weighted by molar-refractivity contribution is 0.320. The van der Waals surface area contributed by atoms with E-state index in [0.29, 0.717) is 0 Å². The van der Waals surface area contributed by atoms with Gasteiger partial charge in [-0.25, -0.2) is 19.9 Å². The summed E-state index contributed by atoms with van der Waals surface area (Å²) in [5.74, 6) is 0.726. The van der Waals surface area contributed by atoms with Crippen LogP contribution in [0.4, 0.5) is 0 Å². The van der Waals surface area contributed by atoms with Gasteiger partial charge in [0.1, 0.15) is 27.4 Å². The summed E-state index contributed by atoms with van der Waals surface area (Å²) in [5.41, 5.74) is 4.08. The van der Waals surface area contributed by atoms with E-state index < -0.39 is 0 Å². The van der Waals surface area contributed by atoms with Crippen LogP contribution in [0.3, 0.4) is 0 Å². The maximum Gasteiger partial charge on any atom is 0.147 e. The van der Waals surface area contributed by atoms with Gasteiger partial charge in [0.25, 0.3) is 0 Å². The highest BCUT2D eigenvalue weighted by atomic mass is 32.1. The molecule has 0 saturated heterocycles. The Kier molecular flexibility index (Phi) is 4.41. The quantitative estimate of drug-likeness (QED) is 0.492. The van der Waals surface area contributed by atoms with Crippen molar-refractivity contribution in [3.63, 3.8) is 0 Å². The average Bonchev–Trinajstić information content (AvgIpc) is 3.33. The van der Waals surface area contributed by atoms with E-state index in [9.17, 15) is 0 Å². The van der Waals surface area contributed by atoms with Crippen molar-refractivity contribution in [3.8, 4) is 22.0 Å². The lowest BCUT2D eigenvalue weighted by Gasteiger charge is -2.22. The van der Waals surface area contributed by atoms with Gasteiger partial charge >= 0.3 is 0 Å². The summed E-state index contributed by atoms with van der Waals surface area (Å²) in [4.78, 5) is 19.0. The average molecular weight is 376 g/mol. The summed E-state index contributed by atoms with van der Waals surface area (Å²) in [5, 5.41) is 0.970. The van der Waals surface area contributed by atoms with E-state index >= 15 is 0 Å². The fourth-order valence-corrected chi connectivity index (χ4v) is 4.93. The summed E-state index contributed by atoms with van der Waals surface area (Å²) in [6, 6.07) is 10.4. The van der Waals surface area contributed by atoms with Crippen LogP contribution in [0.1, 0.15) is 32.1 Å². The SMILES string of the molecule is c1ccc(-c2ncn(CC3CCCCC3)c2-c2nc3cncnc3s2)cc1. The maximum atomic E-state index is 4.83. The van der Waals surface area contributed by atoms with Gasteiger partial charge < -0.3 is 4.57 Å². The molecule has 0 amide bonds. The lowest BCUT2D eigenvalue weighted by Crippen LogP contribution is -2.14. The molecule has 1 aliphatic carbocycles. The first-order valence-electron chi connectivity index (χ1n) is 9.56. The summed E-state index contributed by atoms with van der Waals surface area (Å²) in [6.07, 6.45) is 12.0. The molecule has 1 fully saturated rings. The standard InChI is InChI=1S/C21H21N5S/c1-3-7-15(8-4-1)12-26-14-24-18(16-9-5-2-6-10-16)19(26)21-25-17-11-22-13-23-20(17)27-21/h2,5-6,9-11,13-15H,1,3-4,7-8,12H2. The number of rotatable bonds is 4. The van der Waals surface area contributed by atoms with Gasteiger partial charge in [0.05, 0.1) is 18.2 Å². The van der Waals surface area contributed by atoms with Crippen molar-refractivity contribution in [2.45, 2.75) is 38.6 Å². The van der Waals surface area contributed by atoms with Crippen LogP contribution in [0.5, 0.6) is 0 Å². The van der Waals surface area contributed by atoms with E-state index in [1.54, 1.807) is 23.9 Å². The molecule has 1 saturated carbocycles. The molecule has 0 unspecified atom stereocenters. The van der Waals surface area contributed by atoms with Crippen LogP contribution in [-0.2, 0) is 6.54 Å².